The van der Waals surface area contributed by atoms with E-state index in [0.29, 0.717) is 17.9 Å². The second-order valence-electron chi connectivity index (χ2n) is 4.04. The fourth-order valence-electron chi connectivity index (χ4n) is 1.93. The summed E-state index contributed by atoms with van der Waals surface area (Å²) < 4.78 is 12.4. The molecule has 0 aliphatic carbocycles. The van der Waals surface area contributed by atoms with Gasteiger partial charge in [-0.1, -0.05) is 0 Å². The van der Waals surface area contributed by atoms with Crippen molar-refractivity contribution in [3.05, 3.63) is 30.1 Å². The first-order valence-electron chi connectivity index (χ1n) is 5.81. The Bertz CT molecular complexity index is 626. The zero-order valence-corrected chi connectivity index (χ0v) is 11.2. The van der Waals surface area contributed by atoms with Crippen LogP contribution < -0.4 is 9.47 Å². The Morgan fingerprint density at radius 2 is 2.00 bits per heavy atom. The maximum atomic E-state index is 8.75. The van der Waals surface area contributed by atoms with Crippen LogP contribution >= 0.6 is 0 Å². The van der Waals surface area contributed by atoms with Gasteiger partial charge in [-0.25, -0.2) is 4.98 Å². The zero-order chi connectivity index (χ0) is 13.8. The van der Waals surface area contributed by atoms with Gasteiger partial charge in [-0.15, -0.1) is 0 Å². The number of ether oxygens (including phenoxy) is 2. The standard InChI is InChI=1S/C14H15N3O2/c1-17-11(6-7-15)9-16-14(17)10-4-5-12(18-2)13(8-10)19-3/h4-5,8-9H,6H2,1-3H3. The van der Waals surface area contributed by atoms with Crippen LogP contribution in [0.5, 0.6) is 11.5 Å². The highest BCUT2D eigenvalue weighted by Crippen LogP contribution is 2.31. The molecule has 19 heavy (non-hydrogen) atoms. The molecule has 0 N–H and O–H groups in total. The van der Waals surface area contributed by atoms with Crippen LogP contribution in [0.2, 0.25) is 0 Å². The summed E-state index contributed by atoms with van der Waals surface area (Å²) in [6.45, 7) is 0. The van der Waals surface area contributed by atoms with Gasteiger partial charge in [0.15, 0.2) is 11.5 Å². The number of hydrogen-bond acceptors (Lipinski definition) is 4. The van der Waals surface area contributed by atoms with Crippen molar-refractivity contribution in [1.29, 1.82) is 5.26 Å². The first-order valence-corrected chi connectivity index (χ1v) is 5.81. The molecule has 0 radical (unpaired) electrons. The van der Waals surface area contributed by atoms with Crippen LogP contribution in [0.25, 0.3) is 11.4 Å². The van der Waals surface area contributed by atoms with Crippen molar-refractivity contribution in [2.45, 2.75) is 6.42 Å². The second-order valence-corrected chi connectivity index (χ2v) is 4.04. The summed E-state index contributed by atoms with van der Waals surface area (Å²) in [5.41, 5.74) is 1.80. The number of aromatic nitrogens is 2. The van der Waals surface area contributed by atoms with Gasteiger partial charge in [-0.3, -0.25) is 0 Å². The van der Waals surface area contributed by atoms with Gasteiger partial charge in [0.25, 0.3) is 0 Å². The van der Waals surface area contributed by atoms with E-state index in [2.05, 4.69) is 11.1 Å². The van der Waals surface area contributed by atoms with E-state index in [1.54, 1.807) is 20.4 Å². The number of nitriles is 1. The largest absolute Gasteiger partial charge is 0.493 e. The van der Waals surface area contributed by atoms with Crippen molar-refractivity contribution < 1.29 is 9.47 Å². The lowest BCUT2D eigenvalue weighted by molar-refractivity contribution is 0.355. The summed E-state index contributed by atoms with van der Waals surface area (Å²) in [5, 5.41) is 8.75. The fourth-order valence-corrected chi connectivity index (χ4v) is 1.93. The summed E-state index contributed by atoms with van der Waals surface area (Å²) in [6.07, 6.45) is 2.06. The second kappa shape index (κ2) is 5.44. The summed E-state index contributed by atoms with van der Waals surface area (Å²) in [5.74, 6) is 2.13. The van der Waals surface area contributed by atoms with Gasteiger partial charge in [-0.05, 0) is 18.2 Å². The molecular formula is C14H15N3O2. The molecule has 0 saturated carbocycles. The van der Waals surface area contributed by atoms with Crippen LogP contribution in [0.4, 0.5) is 0 Å². The predicted molar refractivity (Wildman–Crippen MR) is 71.1 cm³/mol. The fraction of sp³-hybridized carbons (Fsp3) is 0.286. The van der Waals surface area contributed by atoms with Crippen molar-refractivity contribution >= 4 is 0 Å². The molecular weight excluding hydrogens is 242 g/mol. The van der Waals surface area contributed by atoms with E-state index in [0.717, 1.165) is 17.1 Å². The van der Waals surface area contributed by atoms with Crippen LogP contribution in [0.3, 0.4) is 0 Å². The van der Waals surface area contributed by atoms with Crippen LogP contribution in [0, 0.1) is 11.3 Å². The molecule has 5 heteroatoms. The maximum Gasteiger partial charge on any atom is 0.161 e. The van der Waals surface area contributed by atoms with E-state index in [4.69, 9.17) is 14.7 Å². The summed E-state index contributed by atoms with van der Waals surface area (Å²) in [6, 6.07) is 7.75. The van der Waals surface area contributed by atoms with Crippen LogP contribution in [-0.2, 0) is 13.5 Å². The van der Waals surface area contributed by atoms with E-state index < -0.39 is 0 Å². The van der Waals surface area contributed by atoms with Gasteiger partial charge >= 0.3 is 0 Å². The minimum Gasteiger partial charge on any atom is -0.493 e. The molecule has 98 valence electrons. The van der Waals surface area contributed by atoms with E-state index in [-0.39, 0.29) is 0 Å². The molecule has 2 rings (SSSR count). The summed E-state index contributed by atoms with van der Waals surface area (Å²) >= 11 is 0. The average Bonchev–Trinajstić information content (AvgIpc) is 2.80. The molecule has 0 unspecified atom stereocenters. The molecule has 0 spiro atoms. The molecule has 0 bridgehead atoms. The molecule has 5 nitrogen and oxygen atoms in total. The first-order chi connectivity index (χ1) is 9.21. The number of hydrogen-bond donors (Lipinski definition) is 0. The number of imidazole rings is 1. The molecule has 2 aromatic rings. The first kappa shape index (κ1) is 13.0. The van der Waals surface area contributed by atoms with Gasteiger partial charge in [0.1, 0.15) is 5.82 Å². The monoisotopic (exact) mass is 257 g/mol. The lowest BCUT2D eigenvalue weighted by atomic mass is 10.2. The molecule has 0 fully saturated rings. The van der Waals surface area contributed by atoms with E-state index in [9.17, 15) is 0 Å². The number of benzene rings is 1. The highest BCUT2D eigenvalue weighted by atomic mass is 16.5. The molecule has 0 saturated heterocycles. The van der Waals surface area contributed by atoms with Gasteiger partial charge in [0.2, 0.25) is 0 Å². The molecule has 1 aromatic heterocycles. The third-order valence-corrected chi connectivity index (χ3v) is 2.99. The van der Waals surface area contributed by atoms with Crippen molar-refractivity contribution in [3.63, 3.8) is 0 Å². The van der Waals surface area contributed by atoms with Gasteiger partial charge in [0, 0.05) is 18.8 Å². The van der Waals surface area contributed by atoms with Crippen molar-refractivity contribution in [2.75, 3.05) is 14.2 Å². The number of rotatable bonds is 4. The lowest BCUT2D eigenvalue weighted by Gasteiger charge is -2.10. The number of nitrogens with zero attached hydrogens (tertiary/aromatic N) is 3. The topological polar surface area (TPSA) is 60.1 Å². The van der Waals surface area contributed by atoms with Gasteiger partial charge < -0.3 is 14.0 Å². The molecule has 0 amide bonds. The maximum absolute atomic E-state index is 8.75. The zero-order valence-electron chi connectivity index (χ0n) is 11.2. The van der Waals surface area contributed by atoms with Crippen molar-refractivity contribution in [3.8, 4) is 29.0 Å². The third-order valence-electron chi connectivity index (χ3n) is 2.99. The third kappa shape index (κ3) is 2.38. The Kier molecular flexibility index (Phi) is 3.71. The van der Waals surface area contributed by atoms with Crippen LogP contribution in [-0.4, -0.2) is 23.8 Å². The molecule has 0 aliphatic heterocycles. The minimum absolute atomic E-state index is 0.344. The Hall–Kier alpha value is -2.48. The van der Waals surface area contributed by atoms with E-state index in [1.165, 1.54) is 0 Å². The molecule has 1 heterocycles. The van der Waals surface area contributed by atoms with E-state index in [1.807, 2.05) is 29.8 Å². The minimum atomic E-state index is 0.344. The predicted octanol–water partition coefficient (Wildman–Crippen LogP) is 2.17. The molecule has 0 atom stereocenters. The van der Waals surface area contributed by atoms with Crippen LogP contribution in [0.15, 0.2) is 24.4 Å². The average molecular weight is 257 g/mol. The Balaban J connectivity index is 2.45. The highest BCUT2D eigenvalue weighted by molar-refractivity contribution is 5.62. The van der Waals surface area contributed by atoms with Crippen LogP contribution in [0.1, 0.15) is 5.69 Å². The van der Waals surface area contributed by atoms with Gasteiger partial charge in [-0.2, -0.15) is 5.26 Å². The quantitative estimate of drug-likeness (QED) is 0.842. The highest BCUT2D eigenvalue weighted by Gasteiger charge is 2.11. The Morgan fingerprint density at radius 1 is 1.26 bits per heavy atom. The molecule has 0 aliphatic rings. The Morgan fingerprint density at radius 3 is 2.63 bits per heavy atom. The van der Waals surface area contributed by atoms with Gasteiger partial charge in [0.05, 0.1) is 32.4 Å². The lowest BCUT2D eigenvalue weighted by Crippen LogP contribution is -1.98. The van der Waals surface area contributed by atoms with E-state index >= 15 is 0 Å². The normalized spacial score (nSPS) is 10.0. The summed E-state index contributed by atoms with van der Waals surface area (Å²) in [4.78, 5) is 4.35. The summed E-state index contributed by atoms with van der Waals surface area (Å²) in [7, 11) is 5.09. The SMILES string of the molecule is COc1ccc(-c2ncc(CC#N)n2C)cc1OC. The Labute approximate surface area is 112 Å². The molecule has 1 aromatic carbocycles. The van der Waals surface area contributed by atoms with Crippen molar-refractivity contribution in [1.82, 2.24) is 9.55 Å². The number of methoxy groups -OCH3 is 2. The van der Waals surface area contributed by atoms with Crippen molar-refractivity contribution in [2.24, 2.45) is 7.05 Å². The smallest absolute Gasteiger partial charge is 0.161 e.